The molecular weight excluding hydrogens is 413 g/mol. The number of carbonyl (C=O) groups excluding carboxylic acids is 1. The topological polar surface area (TPSA) is 65.7 Å². The highest BCUT2D eigenvalue weighted by Crippen LogP contribution is 2.40. The summed E-state index contributed by atoms with van der Waals surface area (Å²) in [5.74, 6) is -2.29. The van der Waals surface area contributed by atoms with Crippen molar-refractivity contribution < 1.29 is 31.9 Å². The molecule has 0 saturated heterocycles. The van der Waals surface area contributed by atoms with Crippen molar-refractivity contribution in [3.63, 3.8) is 0 Å². The summed E-state index contributed by atoms with van der Waals surface area (Å²) in [6, 6.07) is 9.36. The van der Waals surface area contributed by atoms with Gasteiger partial charge in [0, 0.05) is 11.6 Å². The standard InChI is InChI=1S/C20H14ClF3O5/c1-10(21)19(26)28-11-7-8-13-15(9-11)29-18(20(22,23)24)16(17(13)25)12-5-3-4-6-14(12)27-2/h3-10H,1-2H3. The summed E-state index contributed by atoms with van der Waals surface area (Å²) in [5, 5.41) is -1.08. The second kappa shape index (κ2) is 7.79. The minimum atomic E-state index is -4.96. The maximum atomic E-state index is 13.7. The van der Waals surface area contributed by atoms with E-state index in [9.17, 15) is 22.8 Å². The zero-order chi connectivity index (χ0) is 21.3. The van der Waals surface area contributed by atoms with E-state index in [-0.39, 0.29) is 28.0 Å². The Labute approximate surface area is 167 Å². The molecule has 9 heteroatoms. The molecule has 0 bridgehead atoms. The number of rotatable bonds is 4. The molecule has 0 aliphatic rings. The summed E-state index contributed by atoms with van der Waals surface area (Å²) in [6.07, 6.45) is -4.96. The Balaban J connectivity index is 2.29. The monoisotopic (exact) mass is 426 g/mol. The third kappa shape index (κ3) is 4.07. The molecule has 2 aromatic carbocycles. The highest BCUT2D eigenvalue weighted by Gasteiger charge is 2.40. The Morgan fingerprint density at radius 3 is 2.48 bits per heavy atom. The first-order valence-corrected chi connectivity index (χ1v) is 8.74. The molecule has 0 amide bonds. The molecule has 0 fully saturated rings. The van der Waals surface area contributed by atoms with Crippen LogP contribution in [0.3, 0.4) is 0 Å². The van der Waals surface area contributed by atoms with Crippen molar-refractivity contribution in [2.75, 3.05) is 7.11 Å². The van der Waals surface area contributed by atoms with Gasteiger partial charge in [-0.15, -0.1) is 11.6 Å². The third-order valence-corrected chi connectivity index (χ3v) is 4.22. The number of hydrogen-bond acceptors (Lipinski definition) is 5. The zero-order valence-electron chi connectivity index (χ0n) is 15.2. The van der Waals surface area contributed by atoms with Gasteiger partial charge >= 0.3 is 12.1 Å². The molecule has 1 atom stereocenters. The largest absolute Gasteiger partial charge is 0.496 e. The number of ether oxygens (including phenoxy) is 2. The Hall–Kier alpha value is -3.00. The van der Waals surface area contributed by atoms with Crippen molar-refractivity contribution >= 4 is 28.5 Å². The van der Waals surface area contributed by atoms with Crippen LogP contribution in [-0.2, 0) is 11.0 Å². The van der Waals surface area contributed by atoms with Gasteiger partial charge in [0.25, 0.3) is 0 Å². The minimum absolute atomic E-state index is 0.0514. The smallest absolute Gasteiger partial charge is 0.450 e. The second-order valence-electron chi connectivity index (χ2n) is 6.03. The molecule has 3 rings (SSSR count). The quantitative estimate of drug-likeness (QED) is 0.333. The lowest BCUT2D eigenvalue weighted by Gasteiger charge is -2.15. The molecule has 1 unspecified atom stereocenters. The van der Waals surface area contributed by atoms with Crippen molar-refractivity contribution in [1.29, 1.82) is 0 Å². The first-order valence-electron chi connectivity index (χ1n) is 8.30. The van der Waals surface area contributed by atoms with Crippen LogP contribution in [0, 0.1) is 0 Å². The van der Waals surface area contributed by atoms with Crippen LogP contribution in [0.5, 0.6) is 11.5 Å². The van der Waals surface area contributed by atoms with Gasteiger partial charge in [0.05, 0.1) is 18.1 Å². The molecule has 29 heavy (non-hydrogen) atoms. The fourth-order valence-corrected chi connectivity index (χ4v) is 2.77. The molecule has 0 spiro atoms. The number of hydrogen-bond donors (Lipinski definition) is 0. The Bertz CT molecular complexity index is 1140. The summed E-state index contributed by atoms with van der Waals surface area (Å²) in [5.41, 5.74) is -1.99. The van der Waals surface area contributed by atoms with Crippen LogP contribution in [0.2, 0.25) is 0 Å². The van der Waals surface area contributed by atoms with E-state index in [1.54, 1.807) is 6.07 Å². The van der Waals surface area contributed by atoms with Crippen LogP contribution in [0.25, 0.3) is 22.1 Å². The predicted octanol–water partition coefficient (Wildman–Crippen LogP) is 5.02. The molecule has 3 aromatic rings. The zero-order valence-corrected chi connectivity index (χ0v) is 15.9. The Morgan fingerprint density at radius 1 is 1.17 bits per heavy atom. The van der Waals surface area contributed by atoms with E-state index in [0.29, 0.717) is 0 Å². The third-order valence-electron chi connectivity index (χ3n) is 4.04. The number of carbonyl (C=O) groups is 1. The minimum Gasteiger partial charge on any atom is -0.496 e. The summed E-state index contributed by atoms with van der Waals surface area (Å²) in [4.78, 5) is 24.6. The number of para-hydroxylation sites is 1. The van der Waals surface area contributed by atoms with Gasteiger partial charge in [-0.25, -0.2) is 0 Å². The lowest BCUT2D eigenvalue weighted by Crippen LogP contribution is -2.18. The van der Waals surface area contributed by atoms with Gasteiger partial charge in [-0.2, -0.15) is 13.2 Å². The molecule has 5 nitrogen and oxygen atoms in total. The average molecular weight is 427 g/mol. The first-order chi connectivity index (χ1) is 13.6. The van der Waals surface area contributed by atoms with Crippen LogP contribution in [0.1, 0.15) is 12.7 Å². The van der Waals surface area contributed by atoms with Gasteiger partial charge in [0.15, 0.2) is 0 Å². The van der Waals surface area contributed by atoms with E-state index in [1.165, 1.54) is 44.4 Å². The fourth-order valence-electron chi connectivity index (χ4n) is 2.73. The lowest BCUT2D eigenvalue weighted by molar-refractivity contribution is -0.152. The van der Waals surface area contributed by atoms with Crippen LogP contribution >= 0.6 is 11.6 Å². The van der Waals surface area contributed by atoms with Crippen molar-refractivity contribution in [2.45, 2.75) is 18.5 Å². The predicted molar refractivity (Wildman–Crippen MR) is 100 cm³/mol. The number of fused-ring (bicyclic) bond motifs is 1. The highest BCUT2D eigenvalue weighted by atomic mass is 35.5. The molecule has 0 N–H and O–H groups in total. The normalized spacial score (nSPS) is 12.6. The highest BCUT2D eigenvalue weighted by molar-refractivity contribution is 6.29. The van der Waals surface area contributed by atoms with Crippen molar-refractivity contribution in [2.24, 2.45) is 0 Å². The van der Waals surface area contributed by atoms with E-state index in [1.807, 2.05) is 0 Å². The molecule has 1 aromatic heterocycles. The molecule has 0 radical (unpaired) electrons. The number of esters is 1. The van der Waals surface area contributed by atoms with E-state index >= 15 is 0 Å². The van der Waals surface area contributed by atoms with Gasteiger partial charge in [0.1, 0.15) is 22.5 Å². The number of alkyl halides is 4. The number of halogens is 4. The molecule has 0 aliphatic carbocycles. The Kier molecular flexibility index (Phi) is 5.57. The van der Waals surface area contributed by atoms with Crippen LogP contribution < -0.4 is 14.9 Å². The van der Waals surface area contributed by atoms with E-state index in [0.717, 1.165) is 6.07 Å². The fraction of sp³-hybridized carbons (Fsp3) is 0.200. The molecule has 0 saturated carbocycles. The van der Waals surface area contributed by atoms with Crippen molar-refractivity contribution in [3.05, 3.63) is 58.4 Å². The van der Waals surface area contributed by atoms with Gasteiger partial charge in [-0.3, -0.25) is 9.59 Å². The van der Waals surface area contributed by atoms with Gasteiger partial charge < -0.3 is 13.9 Å². The SMILES string of the molecule is COc1ccccc1-c1c(C(F)(F)F)oc2cc(OC(=O)C(C)Cl)ccc2c1=O. The van der Waals surface area contributed by atoms with Gasteiger partial charge in [-0.1, -0.05) is 18.2 Å². The summed E-state index contributed by atoms with van der Waals surface area (Å²) in [7, 11) is 1.28. The van der Waals surface area contributed by atoms with Crippen molar-refractivity contribution in [3.8, 4) is 22.6 Å². The maximum absolute atomic E-state index is 13.7. The molecular formula is C20H14ClF3O5. The number of benzene rings is 2. The first kappa shape index (κ1) is 20.7. The number of methoxy groups -OCH3 is 1. The van der Waals surface area contributed by atoms with Gasteiger partial charge in [-0.05, 0) is 25.1 Å². The van der Waals surface area contributed by atoms with Crippen LogP contribution in [0.4, 0.5) is 13.2 Å². The van der Waals surface area contributed by atoms with E-state index in [4.69, 9.17) is 25.5 Å². The lowest BCUT2D eigenvalue weighted by atomic mass is 10.0. The Morgan fingerprint density at radius 2 is 1.86 bits per heavy atom. The van der Waals surface area contributed by atoms with E-state index < -0.39 is 34.3 Å². The maximum Gasteiger partial charge on any atom is 0.450 e. The van der Waals surface area contributed by atoms with E-state index in [2.05, 4.69) is 0 Å². The molecule has 0 aliphatic heterocycles. The van der Waals surface area contributed by atoms with Crippen molar-refractivity contribution in [1.82, 2.24) is 0 Å². The van der Waals surface area contributed by atoms with Crippen LogP contribution in [-0.4, -0.2) is 18.5 Å². The summed E-state index contributed by atoms with van der Waals surface area (Å²) >= 11 is 5.62. The summed E-state index contributed by atoms with van der Waals surface area (Å²) in [6.45, 7) is 1.38. The van der Waals surface area contributed by atoms with Crippen LogP contribution in [0.15, 0.2) is 51.7 Å². The average Bonchev–Trinajstić information content (AvgIpc) is 2.67. The second-order valence-corrected chi connectivity index (χ2v) is 6.68. The molecule has 152 valence electrons. The summed E-state index contributed by atoms with van der Waals surface area (Å²) < 4.78 is 56.3. The molecule has 1 heterocycles. The van der Waals surface area contributed by atoms with Gasteiger partial charge in [0.2, 0.25) is 11.2 Å².